The van der Waals surface area contributed by atoms with E-state index in [-0.39, 0.29) is 10.6 Å². The molecule has 4 heteroatoms. The Hall–Kier alpha value is -0.570. The monoisotopic (exact) mass is 360 g/mol. The third-order valence-corrected chi connectivity index (χ3v) is 4.78. The van der Waals surface area contributed by atoms with E-state index >= 15 is 0 Å². The first-order valence-corrected chi connectivity index (χ1v) is 7.43. The van der Waals surface area contributed by atoms with Gasteiger partial charge in [0.15, 0.2) is 0 Å². The van der Waals surface area contributed by atoms with Crippen LogP contribution in [0.4, 0.5) is 4.39 Å². The summed E-state index contributed by atoms with van der Waals surface area (Å²) in [6.45, 7) is 3.95. The van der Waals surface area contributed by atoms with Crippen molar-refractivity contribution in [1.82, 2.24) is 0 Å². The zero-order valence-electron chi connectivity index (χ0n) is 10.5. The molecule has 0 heterocycles. The smallest absolute Gasteiger partial charge is 0.124 e. The Balaban J connectivity index is 2.49. The summed E-state index contributed by atoms with van der Waals surface area (Å²) in [5.74, 6) is -0.336. The Labute approximate surface area is 130 Å². The van der Waals surface area contributed by atoms with Crippen molar-refractivity contribution >= 4 is 39.1 Å². The van der Waals surface area contributed by atoms with E-state index in [1.54, 1.807) is 6.07 Å². The maximum absolute atomic E-state index is 13.1. The third kappa shape index (κ3) is 3.13. The Morgan fingerprint density at radius 2 is 1.63 bits per heavy atom. The van der Waals surface area contributed by atoms with Gasteiger partial charge in [-0.05, 0) is 54.3 Å². The molecule has 100 valence electrons. The highest BCUT2D eigenvalue weighted by Gasteiger charge is 2.17. The minimum Gasteiger partial charge on any atom is -0.207 e. The summed E-state index contributed by atoms with van der Waals surface area (Å²) in [4.78, 5) is -0.0865. The summed E-state index contributed by atoms with van der Waals surface area (Å²) >= 11 is 15.8. The molecule has 0 bridgehead atoms. The van der Waals surface area contributed by atoms with Crippen LogP contribution in [0.1, 0.15) is 27.1 Å². The van der Waals surface area contributed by atoms with Crippen LogP contribution < -0.4 is 0 Å². The van der Waals surface area contributed by atoms with Crippen LogP contribution in [0.2, 0.25) is 10.0 Å². The quantitative estimate of drug-likeness (QED) is 0.556. The summed E-state index contributed by atoms with van der Waals surface area (Å²) in [5.41, 5.74) is 3.99. The molecule has 0 saturated heterocycles. The Bertz CT molecular complexity index is 626. The minimum absolute atomic E-state index is 0.0865. The van der Waals surface area contributed by atoms with Gasteiger partial charge in [-0.1, -0.05) is 51.3 Å². The van der Waals surface area contributed by atoms with Crippen LogP contribution in [-0.4, -0.2) is 0 Å². The van der Waals surface area contributed by atoms with Crippen LogP contribution in [0.25, 0.3) is 0 Å². The molecule has 1 atom stereocenters. The first-order chi connectivity index (χ1) is 8.90. The second-order valence-corrected chi connectivity index (χ2v) is 6.22. The molecule has 0 nitrogen and oxygen atoms in total. The fourth-order valence-corrected chi connectivity index (χ4v) is 3.47. The van der Waals surface area contributed by atoms with Gasteiger partial charge in [-0.15, -0.1) is 0 Å². The molecule has 0 aromatic heterocycles. The lowest BCUT2D eigenvalue weighted by Crippen LogP contribution is -1.98. The van der Waals surface area contributed by atoms with Gasteiger partial charge in [-0.3, -0.25) is 0 Å². The zero-order chi connectivity index (χ0) is 14.2. The van der Waals surface area contributed by atoms with Crippen molar-refractivity contribution in [2.75, 3.05) is 0 Å². The van der Waals surface area contributed by atoms with E-state index < -0.39 is 0 Å². The van der Waals surface area contributed by atoms with E-state index in [1.165, 1.54) is 12.1 Å². The van der Waals surface area contributed by atoms with Gasteiger partial charge in [0.2, 0.25) is 0 Å². The van der Waals surface area contributed by atoms with Crippen molar-refractivity contribution in [3.8, 4) is 0 Å². The number of alkyl halides is 1. The van der Waals surface area contributed by atoms with Gasteiger partial charge in [-0.2, -0.15) is 0 Å². The molecule has 0 saturated carbocycles. The molecule has 0 fully saturated rings. The summed E-state index contributed by atoms with van der Waals surface area (Å²) in [6, 6.07) is 8.38. The lowest BCUT2D eigenvalue weighted by atomic mass is 9.98. The normalized spacial score (nSPS) is 12.5. The maximum Gasteiger partial charge on any atom is 0.124 e. The highest BCUT2D eigenvalue weighted by atomic mass is 79.9. The average molecular weight is 362 g/mol. The van der Waals surface area contributed by atoms with E-state index in [0.29, 0.717) is 5.02 Å². The number of hydrogen-bond acceptors (Lipinski definition) is 0. The molecule has 2 aromatic carbocycles. The molecule has 2 aromatic rings. The van der Waals surface area contributed by atoms with Crippen molar-refractivity contribution in [2.45, 2.75) is 18.7 Å². The van der Waals surface area contributed by atoms with Gasteiger partial charge in [0, 0.05) is 10.0 Å². The summed E-state index contributed by atoms with van der Waals surface area (Å²) in [5, 5.41) is 1.15. The van der Waals surface area contributed by atoms with Gasteiger partial charge < -0.3 is 0 Å². The van der Waals surface area contributed by atoms with Gasteiger partial charge in [0.1, 0.15) is 5.82 Å². The lowest BCUT2D eigenvalue weighted by Gasteiger charge is -2.16. The number of hydrogen-bond donors (Lipinski definition) is 0. The molecule has 0 spiro atoms. The molecule has 0 N–H and O–H groups in total. The van der Waals surface area contributed by atoms with Crippen molar-refractivity contribution < 1.29 is 4.39 Å². The van der Waals surface area contributed by atoms with Gasteiger partial charge >= 0.3 is 0 Å². The zero-order valence-corrected chi connectivity index (χ0v) is 13.6. The van der Waals surface area contributed by atoms with E-state index in [9.17, 15) is 4.39 Å². The van der Waals surface area contributed by atoms with Gasteiger partial charge in [0.25, 0.3) is 0 Å². The number of aryl methyl sites for hydroxylation is 2. The van der Waals surface area contributed by atoms with Gasteiger partial charge in [-0.25, -0.2) is 4.39 Å². The van der Waals surface area contributed by atoms with Gasteiger partial charge in [0.05, 0.1) is 4.83 Å². The van der Waals surface area contributed by atoms with Crippen LogP contribution in [-0.2, 0) is 0 Å². The molecule has 0 radical (unpaired) electrons. The van der Waals surface area contributed by atoms with Crippen LogP contribution >= 0.6 is 39.1 Å². The second kappa shape index (κ2) is 5.82. The molecule has 2 rings (SSSR count). The Morgan fingerprint density at radius 1 is 0.947 bits per heavy atom. The molecule has 1 unspecified atom stereocenters. The topological polar surface area (TPSA) is 0 Å². The molecular weight excluding hydrogens is 350 g/mol. The first-order valence-electron chi connectivity index (χ1n) is 5.76. The van der Waals surface area contributed by atoms with Crippen LogP contribution in [0.5, 0.6) is 0 Å². The number of benzene rings is 2. The van der Waals surface area contributed by atoms with E-state index in [2.05, 4.69) is 15.9 Å². The molecule has 0 amide bonds. The highest BCUT2D eigenvalue weighted by Crippen LogP contribution is 2.38. The largest absolute Gasteiger partial charge is 0.207 e. The number of halogens is 4. The summed E-state index contributed by atoms with van der Waals surface area (Å²) < 4.78 is 13.1. The third-order valence-electron chi connectivity index (χ3n) is 3.06. The average Bonchev–Trinajstić information content (AvgIpc) is 2.33. The Morgan fingerprint density at radius 3 is 2.26 bits per heavy atom. The van der Waals surface area contributed by atoms with Crippen molar-refractivity contribution in [3.63, 3.8) is 0 Å². The summed E-state index contributed by atoms with van der Waals surface area (Å²) in [7, 11) is 0. The fourth-order valence-electron chi connectivity index (χ4n) is 1.95. The fraction of sp³-hybridized carbons (Fsp3) is 0.200. The predicted molar refractivity (Wildman–Crippen MR) is 83.1 cm³/mol. The van der Waals surface area contributed by atoms with E-state index in [1.807, 2.05) is 26.0 Å². The molecule has 0 aliphatic rings. The van der Waals surface area contributed by atoms with Crippen LogP contribution in [0.3, 0.4) is 0 Å². The van der Waals surface area contributed by atoms with Crippen molar-refractivity contribution in [2.24, 2.45) is 0 Å². The lowest BCUT2D eigenvalue weighted by molar-refractivity contribution is 0.627. The maximum atomic E-state index is 13.1. The van der Waals surface area contributed by atoms with Crippen LogP contribution in [0.15, 0.2) is 30.3 Å². The number of rotatable bonds is 2. The summed E-state index contributed by atoms with van der Waals surface area (Å²) in [6.07, 6.45) is 0. The first kappa shape index (κ1) is 14.8. The standard InChI is InChI=1S/C15H12BrCl2F/c1-8-6-13(17)9(2)5-12(8)15(16)11-4-3-10(19)7-14(11)18/h3-7,15H,1-2H3. The predicted octanol–water partition coefficient (Wildman–Crippen LogP) is 6.23. The minimum atomic E-state index is -0.336. The molecule has 0 aliphatic carbocycles. The Kier molecular flexibility index (Phi) is 4.54. The molecule has 19 heavy (non-hydrogen) atoms. The van der Waals surface area contributed by atoms with Crippen molar-refractivity contribution in [1.29, 1.82) is 0 Å². The molecular formula is C15H12BrCl2F. The molecule has 0 aliphatic heterocycles. The van der Waals surface area contributed by atoms with E-state index in [4.69, 9.17) is 23.2 Å². The van der Waals surface area contributed by atoms with Crippen molar-refractivity contribution in [3.05, 3.63) is 68.4 Å². The van der Waals surface area contributed by atoms with E-state index in [0.717, 1.165) is 27.3 Å². The highest BCUT2D eigenvalue weighted by molar-refractivity contribution is 9.09. The SMILES string of the molecule is Cc1cc(C(Br)c2ccc(F)cc2Cl)c(C)cc1Cl. The second-order valence-electron chi connectivity index (χ2n) is 4.49. The van der Waals surface area contributed by atoms with Crippen LogP contribution in [0, 0.1) is 19.7 Å².